The number of carbonyl (C=O) groups excluding carboxylic acids is 1. The first-order valence-corrected chi connectivity index (χ1v) is 6.88. The van der Waals surface area contributed by atoms with Gasteiger partial charge >= 0.3 is 5.97 Å². The summed E-state index contributed by atoms with van der Waals surface area (Å²) in [6.07, 6.45) is 1.47. The van der Waals surface area contributed by atoms with E-state index in [0.717, 1.165) is 22.0 Å². The Morgan fingerprint density at radius 3 is 2.85 bits per heavy atom. The summed E-state index contributed by atoms with van der Waals surface area (Å²) in [5.41, 5.74) is 4.85. The van der Waals surface area contributed by atoms with Crippen LogP contribution in [0.15, 0.2) is 22.7 Å². The quantitative estimate of drug-likeness (QED) is 0.558. The molecule has 0 saturated carbocycles. The average Bonchev–Trinajstić information content (AvgIpc) is 2.37. The van der Waals surface area contributed by atoms with Crippen molar-refractivity contribution in [2.45, 2.75) is 18.1 Å². The van der Waals surface area contributed by atoms with Gasteiger partial charge in [0.1, 0.15) is 0 Å². The van der Waals surface area contributed by atoms with Gasteiger partial charge in [-0.25, -0.2) is 4.90 Å². The number of halogens is 2. The van der Waals surface area contributed by atoms with Crippen LogP contribution in [0.5, 0.6) is 0 Å². The molecule has 2 aliphatic rings. The summed E-state index contributed by atoms with van der Waals surface area (Å²) < 4.78 is 1.00. The summed E-state index contributed by atoms with van der Waals surface area (Å²) in [4.78, 5) is 24.6. The molecule has 108 valence electrons. The molecule has 3 atom stereocenters. The zero-order chi connectivity index (χ0) is 13.8. The van der Waals surface area contributed by atoms with E-state index in [1.54, 1.807) is 0 Å². The van der Waals surface area contributed by atoms with E-state index in [1.165, 1.54) is 0 Å². The van der Waals surface area contributed by atoms with Crippen molar-refractivity contribution in [2.75, 3.05) is 6.54 Å². The Morgan fingerprint density at radius 1 is 1.55 bits per heavy atom. The molecule has 1 aromatic rings. The molecule has 0 amide bonds. The van der Waals surface area contributed by atoms with Crippen molar-refractivity contribution in [2.24, 2.45) is 5.92 Å². The Labute approximate surface area is 130 Å². The van der Waals surface area contributed by atoms with Crippen molar-refractivity contribution >= 4 is 28.2 Å². The van der Waals surface area contributed by atoms with Crippen LogP contribution in [0, 0.1) is 5.92 Å². The van der Waals surface area contributed by atoms with Crippen molar-refractivity contribution in [1.29, 1.82) is 0 Å². The Hall–Kier alpha value is -0.950. The molecule has 3 rings (SSSR count). The predicted molar refractivity (Wildman–Crippen MR) is 70.1 cm³/mol. The molecule has 2 heterocycles. The van der Waals surface area contributed by atoms with Crippen LogP contribution in [0.1, 0.15) is 17.2 Å². The Balaban J connectivity index is 0.00000147. The number of hydrogen-bond donors (Lipinski definition) is 2. The lowest BCUT2D eigenvalue weighted by Gasteiger charge is -2.57. The first kappa shape index (κ1) is 15.4. The van der Waals surface area contributed by atoms with E-state index < -0.39 is 17.6 Å². The molecule has 1 aromatic carbocycles. The Morgan fingerprint density at radius 2 is 2.25 bits per heavy atom. The van der Waals surface area contributed by atoms with Gasteiger partial charge < -0.3 is 23.2 Å². The van der Waals surface area contributed by atoms with E-state index in [0.29, 0.717) is 12.8 Å². The first-order valence-electron chi connectivity index (χ1n) is 6.09. The van der Waals surface area contributed by atoms with Crippen LogP contribution in [0.3, 0.4) is 0 Å². The monoisotopic (exact) mass is 360 g/mol. The molecule has 3 unspecified atom stereocenters. The summed E-state index contributed by atoms with van der Waals surface area (Å²) in [5, 5.41) is 9.40. The number of rotatable bonds is 2. The molecule has 2 aliphatic heterocycles. The molecule has 4 N–H and O–H groups in total. The topological polar surface area (TPSA) is 85.2 Å². The first-order chi connectivity index (χ1) is 9.00. The SMILES string of the molecule is [Cl-].[NH3+]C1(C=O)C(C(=O)O)C2c3cccc(Br)c3CCN21. The lowest BCUT2D eigenvalue weighted by molar-refractivity contribution is -0.545. The molecule has 7 heteroatoms. The summed E-state index contributed by atoms with van der Waals surface area (Å²) in [6.45, 7) is 0.659. The maximum atomic E-state index is 11.5. The number of nitrogens with zero attached hydrogens (tertiary/aromatic N) is 1. The maximum Gasteiger partial charge on any atom is 0.316 e. The highest BCUT2D eigenvalue weighted by molar-refractivity contribution is 9.10. The lowest BCUT2D eigenvalue weighted by Crippen LogP contribution is -3.00. The van der Waals surface area contributed by atoms with E-state index in [1.807, 2.05) is 23.1 Å². The van der Waals surface area contributed by atoms with Crippen LogP contribution in [0.25, 0.3) is 0 Å². The van der Waals surface area contributed by atoms with E-state index in [4.69, 9.17) is 0 Å². The van der Waals surface area contributed by atoms with Gasteiger partial charge in [0.2, 0.25) is 5.66 Å². The standard InChI is InChI=1S/C13H13BrN2O3.ClH/c14-9-3-1-2-8-7(9)4-5-16-11(8)10(12(18)19)13(16,15)6-17;/h1-3,6,10-11H,4-5,15H2,(H,18,19);1H. The molecule has 1 fully saturated rings. The van der Waals surface area contributed by atoms with Crippen molar-refractivity contribution in [3.8, 4) is 0 Å². The molecule has 1 saturated heterocycles. The Kier molecular flexibility index (Phi) is 3.94. The molecule has 0 spiro atoms. The number of carboxylic acids is 1. The molecular weight excluding hydrogens is 348 g/mol. The number of hydrogen-bond acceptors (Lipinski definition) is 3. The minimum absolute atomic E-state index is 0. The van der Waals surface area contributed by atoms with Crippen LogP contribution in [-0.4, -0.2) is 34.5 Å². The predicted octanol–water partition coefficient (Wildman–Crippen LogP) is -2.80. The molecular formula is C13H14BrClN2O3. The number of carbonyl (C=O) groups is 2. The van der Waals surface area contributed by atoms with Crippen LogP contribution < -0.4 is 18.1 Å². The second-order valence-electron chi connectivity index (χ2n) is 5.12. The van der Waals surface area contributed by atoms with Gasteiger partial charge in [-0.3, -0.25) is 9.59 Å². The largest absolute Gasteiger partial charge is 1.00 e. The number of carboxylic acid groups (broad SMARTS) is 1. The highest BCUT2D eigenvalue weighted by atomic mass is 79.9. The highest BCUT2D eigenvalue weighted by Crippen LogP contribution is 2.51. The van der Waals surface area contributed by atoms with Gasteiger partial charge in [-0.05, 0) is 23.6 Å². The zero-order valence-electron chi connectivity index (χ0n) is 10.6. The minimum Gasteiger partial charge on any atom is -1.00 e. The second-order valence-corrected chi connectivity index (χ2v) is 5.98. The third-order valence-corrected chi connectivity index (χ3v) is 5.01. The third-order valence-electron chi connectivity index (χ3n) is 4.27. The zero-order valence-corrected chi connectivity index (χ0v) is 12.9. The summed E-state index contributed by atoms with van der Waals surface area (Å²) in [5.74, 6) is -1.74. The van der Waals surface area contributed by atoms with Crippen LogP contribution in [0.4, 0.5) is 0 Å². The van der Waals surface area contributed by atoms with Crippen molar-refractivity contribution in [1.82, 2.24) is 4.90 Å². The number of quaternary nitrogens is 1. The fourth-order valence-corrected chi connectivity index (χ4v) is 3.92. The van der Waals surface area contributed by atoms with Gasteiger partial charge in [0.15, 0.2) is 12.2 Å². The smallest absolute Gasteiger partial charge is 0.316 e. The average molecular weight is 362 g/mol. The fraction of sp³-hybridized carbons (Fsp3) is 0.385. The van der Waals surface area contributed by atoms with Crippen molar-refractivity contribution in [3.05, 3.63) is 33.8 Å². The summed E-state index contributed by atoms with van der Waals surface area (Å²) >= 11 is 3.50. The van der Waals surface area contributed by atoms with E-state index in [9.17, 15) is 14.7 Å². The van der Waals surface area contributed by atoms with Gasteiger partial charge in [0.25, 0.3) is 0 Å². The van der Waals surface area contributed by atoms with Crippen LogP contribution in [0.2, 0.25) is 0 Å². The summed E-state index contributed by atoms with van der Waals surface area (Å²) in [7, 11) is 0. The molecule has 5 nitrogen and oxygen atoms in total. The number of aliphatic carboxylic acids is 1. The van der Waals surface area contributed by atoms with Gasteiger partial charge in [-0.2, -0.15) is 0 Å². The normalized spacial score (nSPS) is 31.3. The fourth-order valence-electron chi connectivity index (χ4n) is 3.34. The van der Waals surface area contributed by atoms with E-state index in [-0.39, 0.29) is 18.4 Å². The number of fused-ring (bicyclic) bond motifs is 3. The van der Waals surface area contributed by atoms with Crippen LogP contribution >= 0.6 is 15.9 Å². The molecule has 0 aromatic heterocycles. The molecule has 0 radical (unpaired) electrons. The second kappa shape index (κ2) is 5.11. The molecule has 0 bridgehead atoms. The maximum absolute atomic E-state index is 11.5. The molecule has 0 aliphatic carbocycles. The van der Waals surface area contributed by atoms with Crippen molar-refractivity contribution < 1.29 is 32.8 Å². The van der Waals surface area contributed by atoms with E-state index in [2.05, 4.69) is 21.7 Å². The lowest BCUT2D eigenvalue weighted by atomic mass is 9.68. The Bertz CT molecular complexity index is 583. The third kappa shape index (κ3) is 1.83. The van der Waals surface area contributed by atoms with Crippen molar-refractivity contribution in [3.63, 3.8) is 0 Å². The van der Waals surface area contributed by atoms with Gasteiger partial charge in [-0.15, -0.1) is 0 Å². The molecule has 20 heavy (non-hydrogen) atoms. The van der Waals surface area contributed by atoms with Gasteiger partial charge in [0.05, 0.1) is 6.04 Å². The minimum atomic E-state index is -1.13. The van der Waals surface area contributed by atoms with Gasteiger partial charge in [-0.1, -0.05) is 28.1 Å². The van der Waals surface area contributed by atoms with E-state index >= 15 is 0 Å². The number of benzene rings is 1. The number of aldehydes is 1. The van der Waals surface area contributed by atoms with Gasteiger partial charge in [0, 0.05) is 11.0 Å². The van der Waals surface area contributed by atoms with Crippen LogP contribution in [-0.2, 0) is 16.0 Å². The highest BCUT2D eigenvalue weighted by Gasteiger charge is 2.67. The summed E-state index contributed by atoms with van der Waals surface area (Å²) in [6, 6.07) is 5.55.